The molecule has 1 heterocycles. The maximum atomic E-state index is 11.0. The van der Waals surface area contributed by atoms with Crippen LogP contribution in [0.4, 0.5) is 5.00 Å². The van der Waals surface area contributed by atoms with E-state index in [1.165, 1.54) is 11.3 Å². The van der Waals surface area contributed by atoms with Gasteiger partial charge in [0.05, 0.1) is 5.56 Å². The summed E-state index contributed by atoms with van der Waals surface area (Å²) < 4.78 is 0. The summed E-state index contributed by atoms with van der Waals surface area (Å²) >= 11 is 1.47. The molecule has 0 amide bonds. The first kappa shape index (κ1) is 11.8. The van der Waals surface area contributed by atoms with Crippen LogP contribution in [-0.2, 0) is 0 Å². The molecule has 0 radical (unpaired) electrons. The first-order chi connectivity index (χ1) is 6.93. The molecule has 0 saturated carbocycles. The Labute approximate surface area is 93.4 Å². The number of hydrogen-bond donors (Lipinski definition) is 2. The topological polar surface area (TPSA) is 49.3 Å². The smallest absolute Gasteiger partial charge is 0.338 e. The molecule has 0 fully saturated rings. The van der Waals surface area contributed by atoms with E-state index < -0.39 is 5.97 Å². The number of nitrogens with one attached hydrogen (secondary N) is 1. The normalized spacial score (nSPS) is 9.87. The molecule has 1 aromatic rings. The summed E-state index contributed by atoms with van der Waals surface area (Å²) in [6.07, 6.45) is 1.82. The lowest BCUT2D eigenvalue weighted by Gasteiger charge is -2.00. The van der Waals surface area contributed by atoms with E-state index in [4.69, 9.17) is 5.11 Å². The Balaban J connectivity index is 3.12. The molecule has 82 valence electrons. The number of aromatic carboxylic acids is 1. The van der Waals surface area contributed by atoms with E-state index >= 15 is 0 Å². The minimum atomic E-state index is -0.874. The SMILES string of the molecule is CC(C)=CNc1sc(C)c(C)c1C(=O)O. The van der Waals surface area contributed by atoms with Gasteiger partial charge in [0.25, 0.3) is 0 Å². The quantitative estimate of drug-likeness (QED) is 0.828. The molecule has 4 heteroatoms. The summed E-state index contributed by atoms with van der Waals surface area (Å²) in [4.78, 5) is 12.1. The maximum absolute atomic E-state index is 11.0. The van der Waals surface area contributed by atoms with E-state index in [-0.39, 0.29) is 0 Å². The summed E-state index contributed by atoms with van der Waals surface area (Å²) in [7, 11) is 0. The first-order valence-corrected chi connectivity index (χ1v) is 5.48. The van der Waals surface area contributed by atoms with Gasteiger partial charge in [-0.2, -0.15) is 0 Å². The third-order valence-corrected chi connectivity index (χ3v) is 3.23. The lowest BCUT2D eigenvalue weighted by Crippen LogP contribution is -2.00. The number of carbonyl (C=O) groups is 1. The number of carboxylic acids is 1. The average Bonchev–Trinajstić information content (AvgIpc) is 2.39. The first-order valence-electron chi connectivity index (χ1n) is 4.66. The zero-order valence-electron chi connectivity index (χ0n) is 9.34. The van der Waals surface area contributed by atoms with Crippen LogP contribution >= 0.6 is 11.3 Å². The third kappa shape index (κ3) is 2.59. The van der Waals surface area contributed by atoms with E-state index in [2.05, 4.69) is 5.32 Å². The van der Waals surface area contributed by atoms with Crippen molar-refractivity contribution >= 4 is 22.3 Å². The largest absolute Gasteiger partial charge is 0.478 e. The molecule has 0 bridgehead atoms. The fourth-order valence-corrected chi connectivity index (χ4v) is 2.22. The van der Waals surface area contributed by atoms with Crippen LogP contribution < -0.4 is 5.32 Å². The molecule has 1 aromatic heterocycles. The van der Waals surface area contributed by atoms with Gasteiger partial charge in [0.15, 0.2) is 0 Å². The van der Waals surface area contributed by atoms with Gasteiger partial charge in [0.1, 0.15) is 5.00 Å². The van der Waals surface area contributed by atoms with Crippen molar-refractivity contribution in [2.24, 2.45) is 0 Å². The van der Waals surface area contributed by atoms with Gasteiger partial charge in [-0.05, 0) is 33.3 Å². The minimum absolute atomic E-state index is 0.384. The number of carboxylic acid groups (broad SMARTS) is 1. The molecule has 0 unspecified atom stereocenters. The molecule has 0 aliphatic rings. The van der Waals surface area contributed by atoms with E-state index in [1.54, 1.807) is 0 Å². The average molecular weight is 225 g/mol. The van der Waals surface area contributed by atoms with Crippen LogP contribution in [0.15, 0.2) is 11.8 Å². The summed E-state index contributed by atoms with van der Waals surface area (Å²) in [6, 6.07) is 0. The van der Waals surface area contributed by atoms with Crippen LogP contribution in [0.25, 0.3) is 0 Å². The molecule has 0 atom stereocenters. The van der Waals surface area contributed by atoms with E-state index in [9.17, 15) is 4.79 Å². The zero-order valence-corrected chi connectivity index (χ0v) is 10.2. The van der Waals surface area contributed by atoms with Crippen molar-refractivity contribution in [3.63, 3.8) is 0 Å². The van der Waals surface area contributed by atoms with Crippen LogP contribution in [0.1, 0.15) is 34.6 Å². The second-order valence-electron chi connectivity index (χ2n) is 3.66. The van der Waals surface area contributed by atoms with Crippen molar-refractivity contribution in [1.29, 1.82) is 0 Å². The second kappa shape index (κ2) is 4.49. The molecule has 0 spiro atoms. The Bertz CT molecular complexity index is 414. The molecule has 2 N–H and O–H groups in total. The lowest BCUT2D eigenvalue weighted by molar-refractivity contribution is 0.0697. The highest BCUT2D eigenvalue weighted by Gasteiger charge is 2.17. The van der Waals surface area contributed by atoms with Crippen LogP contribution in [0.5, 0.6) is 0 Å². The minimum Gasteiger partial charge on any atom is -0.478 e. The monoisotopic (exact) mass is 225 g/mol. The maximum Gasteiger partial charge on any atom is 0.338 e. The van der Waals surface area contributed by atoms with Crippen molar-refractivity contribution in [1.82, 2.24) is 0 Å². The van der Waals surface area contributed by atoms with Crippen LogP contribution in [0, 0.1) is 13.8 Å². The van der Waals surface area contributed by atoms with Gasteiger partial charge in [-0.15, -0.1) is 11.3 Å². The summed E-state index contributed by atoms with van der Waals surface area (Å²) in [6.45, 7) is 7.69. The highest BCUT2D eigenvalue weighted by Crippen LogP contribution is 2.32. The number of hydrogen-bond acceptors (Lipinski definition) is 3. The standard InChI is InChI=1S/C11H15NO2S/c1-6(2)5-12-10-9(11(13)14)7(3)8(4)15-10/h5,12H,1-4H3,(H,13,14). The van der Waals surface area contributed by atoms with Crippen molar-refractivity contribution in [2.75, 3.05) is 5.32 Å². The molecule has 0 saturated heterocycles. The predicted molar refractivity (Wildman–Crippen MR) is 63.8 cm³/mol. The van der Waals surface area contributed by atoms with Gasteiger partial charge < -0.3 is 10.4 Å². The fourth-order valence-electron chi connectivity index (χ4n) is 1.20. The molecule has 15 heavy (non-hydrogen) atoms. The predicted octanol–water partition coefficient (Wildman–Crippen LogP) is 3.40. The number of thiophene rings is 1. The number of rotatable bonds is 3. The highest BCUT2D eigenvalue weighted by molar-refractivity contribution is 7.16. The van der Waals surface area contributed by atoms with Crippen LogP contribution in [-0.4, -0.2) is 11.1 Å². The molecular formula is C11H15NO2S. The highest BCUT2D eigenvalue weighted by atomic mass is 32.1. The molecule has 1 rings (SSSR count). The van der Waals surface area contributed by atoms with Gasteiger partial charge in [-0.25, -0.2) is 4.79 Å². The number of anilines is 1. The summed E-state index contributed by atoms with van der Waals surface area (Å²) in [5.41, 5.74) is 2.34. The Morgan fingerprint density at radius 2 is 2.00 bits per heavy atom. The molecule has 0 aromatic carbocycles. The third-order valence-electron chi connectivity index (χ3n) is 2.09. The van der Waals surface area contributed by atoms with Crippen molar-refractivity contribution in [3.8, 4) is 0 Å². The summed E-state index contributed by atoms with van der Waals surface area (Å²) in [5, 5.41) is 12.8. The number of aryl methyl sites for hydroxylation is 1. The van der Waals surface area contributed by atoms with Crippen molar-refractivity contribution in [3.05, 3.63) is 27.8 Å². The van der Waals surface area contributed by atoms with Gasteiger partial charge in [0.2, 0.25) is 0 Å². The van der Waals surface area contributed by atoms with Crippen molar-refractivity contribution in [2.45, 2.75) is 27.7 Å². The Hall–Kier alpha value is -1.29. The van der Waals surface area contributed by atoms with E-state index in [1.807, 2.05) is 33.9 Å². The molecule has 3 nitrogen and oxygen atoms in total. The Morgan fingerprint density at radius 1 is 1.40 bits per heavy atom. The van der Waals surface area contributed by atoms with Crippen LogP contribution in [0.2, 0.25) is 0 Å². The molecule has 0 aliphatic heterocycles. The van der Waals surface area contributed by atoms with Gasteiger partial charge >= 0.3 is 5.97 Å². The van der Waals surface area contributed by atoms with E-state index in [0.29, 0.717) is 10.6 Å². The van der Waals surface area contributed by atoms with Gasteiger partial charge in [-0.1, -0.05) is 5.57 Å². The number of allylic oxidation sites excluding steroid dienone is 1. The van der Waals surface area contributed by atoms with Crippen molar-refractivity contribution < 1.29 is 9.90 Å². The van der Waals surface area contributed by atoms with Gasteiger partial charge in [0, 0.05) is 11.1 Å². The fraction of sp³-hybridized carbons (Fsp3) is 0.364. The van der Waals surface area contributed by atoms with Gasteiger partial charge in [-0.3, -0.25) is 0 Å². The Morgan fingerprint density at radius 3 is 2.47 bits per heavy atom. The van der Waals surface area contributed by atoms with E-state index in [0.717, 1.165) is 16.0 Å². The van der Waals surface area contributed by atoms with Crippen LogP contribution in [0.3, 0.4) is 0 Å². The molecule has 0 aliphatic carbocycles. The zero-order chi connectivity index (χ0) is 11.6. The lowest BCUT2D eigenvalue weighted by atomic mass is 10.1. The second-order valence-corrected chi connectivity index (χ2v) is 4.88. The Kier molecular flexibility index (Phi) is 3.52. The molecular weight excluding hydrogens is 210 g/mol. The summed E-state index contributed by atoms with van der Waals surface area (Å²) in [5.74, 6) is -0.874.